The van der Waals surface area contributed by atoms with Gasteiger partial charge in [-0.2, -0.15) is 0 Å². The molecule has 156 valence electrons. The second kappa shape index (κ2) is 8.10. The first-order chi connectivity index (χ1) is 14.4. The molecular weight excluding hydrogens is 386 g/mol. The fourth-order valence-corrected chi connectivity index (χ4v) is 3.30. The van der Waals surface area contributed by atoms with Gasteiger partial charge in [0.05, 0.1) is 12.7 Å². The van der Waals surface area contributed by atoms with E-state index in [1.807, 2.05) is 38.1 Å². The van der Waals surface area contributed by atoms with Crippen LogP contribution in [0, 0.1) is 13.8 Å². The molecule has 4 rings (SSSR count). The molecule has 1 aliphatic rings. The number of rotatable bonds is 6. The van der Waals surface area contributed by atoms with Gasteiger partial charge in [-0.05, 0) is 61.7 Å². The summed E-state index contributed by atoms with van der Waals surface area (Å²) >= 11 is 0. The summed E-state index contributed by atoms with van der Waals surface area (Å²) in [6.45, 7) is 6.06. The van der Waals surface area contributed by atoms with Crippen molar-refractivity contribution in [1.29, 1.82) is 0 Å². The van der Waals surface area contributed by atoms with Crippen LogP contribution in [0.4, 0.5) is 0 Å². The quantitative estimate of drug-likeness (QED) is 0.627. The minimum Gasteiger partial charge on any atom is -0.464 e. The van der Waals surface area contributed by atoms with Crippen molar-refractivity contribution in [1.82, 2.24) is 5.32 Å². The summed E-state index contributed by atoms with van der Waals surface area (Å²) in [5.74, 6) is 0.481. The van der Waals surface area contributed by atoms with Crippen LogP contribution in [0.5, 0.6) is 11.5 Å². The van der Waals surface area contributed by atoms with Crippen LogP contribution in [0.3, 0.4) is 0 Å². The Morgan fingerprint density at radius 1 is 1.10 bits per heavy atom. The summed E-state index contributed by atoms with van der Waals surface area (Å²) in [4.78, 5) is 24.7. The molecular formula is C23H23NO6. The highest BCUT2D eigenvalue weighted by Crippen LogP contribution is 2.32. The Bertz CT molecular complexity index is 1120. The van der Waals surface area contributed by atoms with Crippen molar-refractivity contribution in [3.05, 3.63) is 58.8 Å². The molecule has 1 amide bonds. The minimum absolute atomic E-state index is 0.0370. The maximum atomic E-state index is 12.3. The van der Waals surface area contributed by atoms with E-state index in [9.17, 15) is 9.59 Å². The largest absolute Gasteiger partial charge is 0.464 e. The van der Waals surface area contributed by atoms with Crippen molar-refractivity contribution in [2.45, 2.75) is 39.8 Å². The molecule has 0 unspecified atom stereocenters. The van der Waals surface area contributed by atoms with Gasteiger partial charge in [0.15, 0.2) is 17.6 Å². The van der Waals surface area contributed by atoms with Crippen LogP contribution in [-0.4, -0.2) is 24.8 Å². The number of fused-ring (bicyclic) bond motifs is 2. The van der Waals surface area contributed by atoms with Crippen molar-refractivity contribution >= 4 is 22.8 Å². The van der Waals surface area contributed by atoms with E-state index in [1.54, 1.807) is 19.3 Å². The second-order valence-electron chi connectivity index (χ2n) is 7.41. The Morgan fingerprint density at radius 3 is 2.70 bits per heavy atom. The SMILES string of the molecule is Cc1cc2occ(CC(=O)O[C@@H](C)C(=O)NCc3ccc4c(c3)OCO4)c2cc1C. The average molecular weight is 409 g/mol. The Kier molecular flexibility index (Phi) is 5.35. The molecule has 1 atom stereocenters. The van der Waals surface area contributed by atoms with E-state index in [0.29, 0.717) is 18.0 Å². The Labute approximate surface area is 173 Å². The second-order valence-corrected chi connectivity index (χ2v) is 7.41. The van der Waals surface area contributed by atoms with Crippen molar-refractivity contribution in [2.75, 3.05) is 6.79 Å². The van der Waals surface area contributed by atoms with Gasteiger partial charge < -0.3 is 23.9 Å². The molecule has 0 saturated carbocycles. The van der Waals surface area contributed by atoms with Crippen LogP contribution >= 0.6 is 0 Å². The number of furan rings is 1. The zero-order valence-corrected chi connectivity index (χ0v) is 17.1. The van der Waals surface area contributed by atoms with Crippen molar-refractivity contribution < 1.29 is 28.2 Å². The third-order valence-corrected chi connectivity index (χ3v) is 5.19. The summed E-state index contributed by atoms with van der Waals surface area (Å²) in [5.41, 5.74) is 4.58. The lowest BCUT2D eigenvalue weighted by Gasteiger charge is -2.13. The van der Waals surface area contributed by atoms with Gasteiger partial charge in [-0.15, -0.1) is 0 Å². The molecule has 0 fully saturated rings. The first kappa shape index (κ1) is 19.8. The van der Waals surface area contributed by atoms with Gasteiger partial charge in [-0.25, -0.2) is 0 Å². The molecule has 1 aromatic heterocycles. The molecule has 0 saturated heterocycles. The van der Waals surface area contributed by atoms with Gasteiger partial charge >= 0.3 is 5.97 Å². The van der Waals surface area contributed by atoms with Gasteiger partial charge in [-0.3, -0.25) is 9.59 Å². The van der Waals surface area contributed by atoms with E-state index in [-0.39, 0.29) is 19.1 Å². The van der Waals surface area contributed by atoms with Crippen LogP contribution in [0.1, 0.15) is 29.2 Å². The molecule has 1 N–H and O–H groups in total. The number of carbonyl (C=O) groups excluding carboxylic acids is 2. The van der Waals surface area contributed by atoms with Gasteiger partial charge in [0.1, 0.15) is 5.58 Å². The molecule has 30 heavy (non-hydrogen) atoms. The number of hydrogen-bond acceptors (Lipinski definition) is 6. The van der Waals surface area contributed by atoms with Gasteiger partial charge in [0.25, 0.3) is 5.91 Å². The minimum atomic E-state index is -0.909. The highest BCUT2D eigenvalue weighted by Gasteiger charge is 2.20. The molecule has 7 heteroatoms. The lowest BCUT2D eigenvalue weighted by Crippen LogP contribution is -2.35. The first-order valence-corrected chi connectivity index (χ1v) is 9.74. The molecule has 1 aliphatic heterocycles. The number of amides is 1. The van der Waals surface area contributed by atoms with Crippen molar-refractivity contribution in [3.8, 4) is 11.5 Å². The number of ether oxygens (including phenoxy) is 3. The lowest BCUT2D eigenvalue weighted by molar-refractivity contribution is -0.154. The topological polar surface area (TPSA) is 87.0 Å². The Morgan fingerprint density at radius 2 is 1.87 bits per heavy atom. The van der Waals surface area contributed by atoms with E-state index in [2.05, 4.69) is 5.32 Å². The number of carbonyl (C=O) groups is 2. The monoisotopic (exact) mass is 409 g/mol. The standard InChI is InChI=1S/C23H23NO6/c1-13-6-18-17(11-27-20(18)7-14(13)2)9-22(25)30-15(3)23(26)24-10-16-4-5-19-21(8-16)29-12-28-19/h4-8,11,15H,9-10,12H2,1-3H3,(H,24,26)/t15-/m0/s1. The third-order valence-electron chi connectivity index (χ3n) is 5.19. The van der Waals surface area contributed by atoms with E-state index in [4.69, 9.17) is 18.6 Å². The molecule has 0 bridgehead atoms. The summed E-state index contributed by atoms with van der Waals surface area (Å²) in [5, 5.41) is 3.65. The van der Waals surface area contributed by atoms with Crippen LogP contribution in [0.25, 0.3) is 11.0 Å². The van der Waals surface area contributed by atoms with Gasteiger partial charge in [0, 0.05) is 17.5 Å². The molecule has 2 heterocycles. The molecule has 0 radical (unpaired) electrons. The lowest BCUT2D eigenvalue weighted by atomic mass is 10.0. The fourth-order valence-electron chi connectivity index (χ4n) is 3.30. The summed E-state index contributed by atoms with van der Waals surface area (Å²) in [7, 11) is 0. The number of hydrogen-bond donors (Lipinski definition) is 1. The van der Waals surface area contributed by atoms with E-state index in [1.165, 1.54) is 0 Å². The number of esters is 1. The molecule has 2 aromatic carbocycles. The zero-order chi connectivity index (χ0) is 21.3. The highest BCUT2D eigenvalue weighted by atomic mass is 16.7. The average Bonchev–Trinajstić information content (AvgIpc) is 3.33. The smallest absolute Gasteiger partial charge is 0.311 e. The van der Waals surface area contributed by atoms with Crippen LogP contribution < -0.4 is 14.8 Å². The number of aryl methyl sites for hydroxylation is 2. The predicted molar refractivity (Wildman–Crippen MR) is 109 cm³/mol. The number of benzene rings is 2. The van der Waals surface area contributed by atoms with E-state index < -0.39 is 12.1 Å². The van der Waals surface area contributed by atoms with E-state index >= 15 is 0 Å². The van der Waals surface area contributed by atoms with Crippen molar-refractivity contribution in [2.24, 2.45) is 0 Å². The number of nitrogens with one attached hydrogen (secondary N) is 1. The van der Waals surface area contributed by atoms with E-state index in [0.717, 1.165) is 33.2 Å². The summed E-state index contributed by atoms with van der Waals surface area (Å²) in [6.07, 6.45) is 0.693. The maximum Gasteiger partial charge on any atom is 0.311 e. The Hall–Kier alpha value is -3.48. The molecule has 7 nitrogen and oxygen atoms in total. The first-order valence-electron chi connectivity index (χ1n) is 9.74. The fraction of sp³-hybridized carbons (Fsp3) is 0.304. The molecule has 0 aliphatic carbocycles. The normalized spacial score (nSPS) is 13.3. The van der Waals surface area contributed by atoms with Crippen LogP contribution in [0.15, 0.2) is 41.0 Å². The van der Waals surface area contributed by atoms with Crippen LogP contribution in [-0.2, 0) is 27.3 Å². The predicted octanol–water partition coefficient (Wildman–Crippen LogP) is 3.57. The maximum absolute atomic E-state index is 12.3. The molecule has 3 aromatic rings. The van der Waals surface area contributed by atoms with Gasteiger partial charge in [0.2, 0.25) is 6.79 Å². The van der Waals surface area contributed by atoms with Gasteiger partial charge in [-0.1, -0.05) is 6.07 Å². The molecule has 0 spiro atoms. The highest BCUT2D eigenvalue weighted by molar-refractivity contribution is 5.88. The summed E-state index contributed by atoms with van der Waals surface area (Å²) in [6, 6.07) is 9.40. The van der Waals surface area contributed by atoms with Crippen molar-refractivity contribution in [3.63, 3.8) is 0 Å². The Balaban J connectivity index is 1.32. The van der Waals surface area contributed by atoms with Crippen LogP contribution in [0.2, 0.25) is 0 Å². The zero-order valence-electron chi connectivity index (χ0n) is 17.1. The third kappa shape index (κ3) is 4.10. The summed E-state index contributed by atoms with van der Waals surface area (Å²) < 4.78 is 21.5.